The molecule has 0 aliphatic carbocycles. The van der Waals surface area contributed by atoms with Gasteiger partial charge in [-0.2, -0.15) is 13.2 Å². The molecule has 1 aromatic heterocycles. The first-order valence-electron chi connectivity index (χ1n) is 12.7. The molecule has 2 unspecified atom stereocenters. The van der Waals surface area contributed by atoms with Crippen molar-refractivity contribution in [3.05, 3.63) is 41.2 Å². The zero-order valence-corrected chi connectivity index (χ0v) is 22.2. The molecule has 0 spiro atoms. The molecule has 2 fully saturated rings. The molecule has 13 nitrogen and oxygen atoms in total. The number of piperidine rings is 1. The van der Waals surface area contributed by atoms with E-state index < -0.39 is 24.1 Å². The van der Waals surface area contributed by atoms with Crippen LogP contribution in [0, 0.1) is 5.92 Å². The van der Waals surface area contributed by atoms with Gasteiger partial charge in [-0.1, -0.05) is 18.2 Å². The number of hydrogen-bond acceptors (Lipinski definition) is 8. The monoisotopic (exact) mass is 579 g/mol. The number of carboxylic acids is 1. The van der Waals surface area contributed by atoms with Gasteiger partial charge in [0.2, 0.25) is 11.8 Å². The second-order valence-corrected chi connectivity index (χ2v) is 10.2. The van der Waals surface area contributed by atoms with Crippen molar-refractivity contribution in [3.63, 3.8) is 0 Å². The summed E-state index contributed by atoms with van der Waals surface area (Å²) in [5.74, 6) is -3.56. The molecular formula is C25H28F3N7O6. The number of aromatic nitrogens is 3. The second-order valence-electron chi connectivity index (χ2n) is 10.2. The zero-order valence-electron chi connectivity index (χ0n) is 22.2. The van der Waals surface area contributed by atoms with Crippen LogP contribution in [0.4, 0.5) is 13.2 Å². The van der Waals surface area contributed by atoms with E-state index >= 15 is 0 Å². The molecular weight excluding hydrogens is 551 g/mol. The third kappa shape index (κ3) is 6.70. The average molecular weight is 580 g/mol. The predicted molar refractivity (Wildman–Crippen MR) is 134 cm³/mol. The van der Waals surface area contributed by atoms with Crippen molar-refractivity contribution in [2.24, 2.45) is 5.92 Å². The fourth-order valence-corrected chi connectivity index (χ4v) is 4.96. The molecule has 41 heavy (non-hydrogen) atoms. The first kappa shape index (κ1) is 29.6. The van der Waals surface area contributed by atoms with Gasteiger partial charge in [0.15, 0.2) is 5.69 Å². The van der Waals surface area contributed by atoms with E-state index in [1.807, 2.05) is 17.0 Å². The number of aliphatic carboxylic acids is 1. The highest BCUT2D eigenvalue weighted by Gasteiger charge is 2.39. The van der Waals surface area contributed by atoms with Crippen LogP contribution in [-0.4, -0.2) is 110 Å². The van der Waals surface area contributed by atoms with Gasteiger partial charge in [0.25, 0.3) is 11.8 Å². The van der Waals surface area contributed by atoms with Crippen molar-refractivity contribution < 1.29 is 42.3 Å². The normalized spacial score (nSPS) is 21.5. The maximum absolute atomic E-state index is 13.1. The Bertz CT molecular complexity index is 1380. The number of likely N-dealkylation sites (N-methyl/N-ethyl adjacent to an activating group) is 1. The van der Waals surface area contributed by atoms with E-state index in [2.05, 4.69) is 34.5 Å². The maximum atomic E-state index is 13.1. The Morgan fingerprint density at radius 1 is 1.12 bits per heavy atom. The fraction of sp³-hybridized carbons (Fsp3) is 0.480. The molecule has 4 heterocycles. The number of nitrogens with zero attached hydrogens (tertiary/aromatic N) is 6. The zero-order chi connectivity index (χ0) is 30.1. The van der Waals surface area contributed by atoms with Crippen LogP contribution in [0.1, 0.15) is 46.2 Å². The number of carbonyl (C=O) groups excluding carboxylic acids is 4. The lowest BCUT2D eigenvalue weighted by Gasteiger charge is -2.29. The van der Waals surface area contributed by atoms with E-state index in [9.17, 15) is 32.3 Å². The number of carboxylic acid groups (broad SMARTS) is 1. The van der Waals surface area contributed by atoms with Gasteiger partial charge in [-0.3, -0.25) is 24.5 Å². The highest BCUT2D eigenvalue weighted by atomic mass is 19.4. The average Bonchev–Trinajstić information content (AvgIpc) is 3.46. The van der Waals surface area contributed by atoms with Crippen LogP contribution in [-0.2, 0) is 20.9 Å². The van der Waals surface area contributed by atoms with Gasteiger partial charge in [0.05, 0.1) is 11.9 Å². The van der Waals surface area contributed by atoms with E-state index in [4.69, 9.17) is 9.90 Å². The summed E-state index contributed by atoms with van der Waals surface area (Å²) in [7, 11) is 2.05. The number of rotatable bonds is 3. The van der Waals surface area contributed by atoms with Gasteiger partial charge in [-0.15, -0.1) is 5.10 Å². The van der Waals surface area contributed by atoms with Crippen LogP contribution in [0.15, 0.2) is 24.4 Å². The van der Waals surface area contributed by atoms with Crippen molar-refractivity contribution in [1.29, 1.82) is 0 Å². The minimum Gasteiger partial charge on any atom is -0.475 e. The van der Waals surface area contributed by atoms with Crippen molar-refractivity contribution in [3.8, 4) is 5.69 Å². The lowest BCUT2D eigenvalue weighted by molar-refractivity contribution is -0.192. The quantitative estimate of drug-likeness (QED) is 0.499. The minimum absolute atomic E-state index is 0.158. The smallest absolute Gasteiger partial charge is 0.475 e. The molecule has 2 saturated heterocycles. The first-order valence-corrected chi connectivity index (χ1v) is 12.7. The van der Waals surface area contributed by atoms with Crippen LogP contribution >= 0.6 is 0 Å². The number of carbonyl (C=O) groups is 5. The lowest BCUT2D eigenvalue weighted by Crippen LogP contribution is -2.52. The Morgan fingerprint density at radius 3 is 2.49 bits per heavy atom. The molecule has 3 aliphatic rings. The number of alkyl halides is 3. The fourth-order valence-electron chi connectivity index (χ4n) is 4.96. The molecule has 0 saturated carbocycles. The number of hydrogen-bond donors (Lipinski definition) is 2. The summed E-state index contributed by atoms with van der Waals surface area (Å²) in [5.41, 5.74) is 2.15. The summed E-state index contributed by atoms with van der Waals surface area (Å²) in [4.78, 5) is 64.2. The lowest BCUT2D eigenvalue weighted by atomic mass is 10.0. The third-order valence-electron chi connectivity index (χ3n) is 6.93. The number of amides is 4. The molecule has 2 atom stereocenters. The van der Waals surface area contributed by atoms with Gasteiger partial charge < -0.3 is 19.8 Å². The number of fused-ring (bicyclic) bond motifs is 1. The van der Waals surface area contributed by atoms with Crippen LogP contribution in [0.5, 0.6) is 0 Å². The van der Waals surface area contributed by atoms with E-state index in [1.54, 1.807) is 12.3 Å². The minimum atomic E-state index is -5.08. The topological polar surface area (TPSA) is 158 Å². The van der Waals surface area contributed by atoms with Gasteiger partial charge in [-0.25, -0.2) is 9.48 Å². The van der Waals surface area contributed by atoms with Crippen molar-refractivity contribution in [2.45, 2.75) is 38.5 Å². The molecule has 2 aromatic rings. The Morgan fingerprint density at radius 2 is 1.83 bits per heavy atom. The molecule has 0 bridgehead atoms. The van der Waals surface area contributed by atoms with Gasteiger partial charge >= 0.3 is 12.1 Å². The van der Waals surface area contributed by atoms with E-state index in [-0.39, 0.29) is 29.8 Å². The van der Waals surface area contributed by atoms with Gasteiger partial charge in [0, 0.05) is 44.7 Å². The number of imide groups is 1. The number of benzene rings is 1. The summed E-state index contributed by atoms with van der Waals surface area (Å²) in [6, 6.07) is 4.68. The first-order chi connectivity index (χ1) is 19.2. The molecule has 220 valence electrons. The van der Waals surface area contributed by atoms with Crippen LogP contribution in [0.2, 0.25) is 0 Å². The summed E-state index contributed by atoms with van der Waals surface area (Å²) >= 11 is 0. The Kier molecular flexibility index (Phi) is 8.42. The highest BCUT2D eigenvalue weighted by molar-refractivity contribution is 6.05. The van der Waals surface area contributed by atoms with E-state index in [0.717, 1.165) is 18.7 Å². The summed E-state index contributed by atoms with van der Waals surface area (Å²) in [5, 5.41) is 17.6. The van der Waals surface area contributed by atoms with Crippen molar-refractivity contribution >= 4 is 29.6 Å². The summed E-state index contributed by atoms with van der Waals surface area (Å²) in [6.45, 7) is 5.48. The number of nitrogens with one attached hydrogen (secondary N) is 1. The summed E-state index contributed by atoms with van der Waals surface area (Å²) < 4.78 is 33.2. The molecule has 3 aliphatic heterocycles. The van der Waals surface area contributed by atoms with Crippen LogP contribution < -0.4 is 5.32 Å². The van der Waals surface area contributed by atoms with E-state index in [0.29, 0.717) is 43.2 Å². The Hall–Kier alpha value is -4.34. The Balaban J connectivity index is 0.000000493. The summed E-state index contributed by atoms with van der Waals surface area (Å²) in [6.07, 6.45) is -2.97. The van der Waals surface area contributed by atoms with Crippen LogP contribution in [0.3, 0.4) is 0 Å². The van der Waals surface area contributed by atoms with Crippen molar-refractivity contribution in [1.82, 2.24) is 35.0 Å². The van der Waals surface area contributed by atoms with E-state index in [1.165, 1.54) is 9.58 Å². The highest BCUT2D eigenvalue weighted by Crippen LogP contribution is 2.29. The molecule has 2 N–H and O–H groups in total. The third-order valence-corrected chi connectivity index (χ3v) is 6.93. The maximum Gasteiger partial charge on any atom is 0.490 e. The molecule has 4 amide bonds. The largest absolute Gasteiger partial charge is 0.490 e. The number of halogens is 3. The SMILES string of the molecule is CC1CN(C)CCN(C(=O)c2cn(-c3ccc4c(c3)C(=O)N(C3CCC(=O)NC3=O)C4)nn2)C1.O=C(O)C(F)(F)F. The predicted octanol–water partition coefficient (Wildman–Crippen LogP) is 0.685. The standard InChI is InChI=1S/C23H27N7O4.C2HF3O2/c1-14-10-27(2)7-8-28(11-14)23(34)18-13-30(26-25-18)16-4-3-15-12-29(22(33)17(15)9-16)19-5-6-20(31)24-21(19)32;3-2(4,5)1(6)7/h3-4,9,13-14,19H,5-8,10-12H2,1-2H3,(H,24,31,32);(H,6,7). The van der Waals surface area contributed by atoms with Crippen molar-refractivity contribution in [2.75, 3.05) is 33.2 Å². The van der Waals surface area contributed by atoms with Gasteiger partial charge in [0.1, 0.15) is 6.04 Å². The molecule has 1 aromatic carbocycles. The molecule has 16 heteroatoms. The van der Waals surface area contributed by atoms with Gasteiger partial charge in [-0.05, 0) is 37.1 Å². The molecule has 0 radical (unpaired) electrons. The van der Waals surface area contributed by atoms with Crippen LogP contribution in [0.25, 0.3) is 5.69 Å². The second kappa shape index (κ2) is 11.6. The molecule has 5 rings (SSSR count). The Labute approximate surface area is 231 Å².